The SMILES string of the molecule is O=C(CON=C(CS(=O)(=O)[O-])CS(=O)(=O)[O-])OCCC(F)(F)C(F)(F)C(F)(F)C(F)(F)C(F)(F)C(F)(F)F.[Na+].[Na+]. The Labute approximate surface area is 259 Å². The van der Waals surface area contributed by atoms with Crippen LogP contribution in [-0.2, 0) is 34.6 Å². The minimum atomic E-state index is -8.11. The van der Waals surface area contributed by atoms with Crippen LogP contribution in [0.3, 0.4) is 0 Å². The molecular formula is C13H10F13NNa2O9S2. The van der Waals surface area contributed by atoms with Crippen molar-refractivity contribution in [2.45, 2.75) is 42.2 Å². The van der Waals surface area contributed by atoms with Crippen LogP contribution in [0.2, 0.25) is 0 Å². The molecule has 0 aliphatic rings. The van der Waals surface area contributed by atoms with Crippen LogP contribution in [0.15, 0.2) is 5.16 Å². The molecule has 0 heterocycles. The smallest absolute Gasteiger partial charge is 0.748 e. The molecule has 0 spiro atoms. The Morgan fingerprint density at radius 3 is 1.40 bits per heavy atom. The maximum Gasteiger partial charge on any atom is 1.00 e. The topological polar surface area (TPSA) is 162 Å². The van der Waals surface area contributed by atoms with Gasteiger partial charge in [-0.25, -0.2) is 21.6 Å². The molecule has 0 amide bonds. The third-order valence-corrected chi connectivity index (χ3v) is 5.11. The van der Waals surface area contributed by atoms with Gasteiger partial charge in [0.1, 0.15) is 20.2 Å². The predicted molar refractivity (Wildman–Crippen MR) is 88.9 cm³/mol. The van der Waals surface area contributed by atoms with Crippen molar-refractivity contribution in [3.05, 3.63) is 0 Å². The van der Waals surface area contributed by atoms with Gasteiger partial charge in [-0.2, -0.15) is 57.1 Å². The molecule has 10 nitrogen and oxygen atoms in total. The summed E-state index contributed by atoms with van der Waals surface area (Å²) in [4.78, 5) is 15.2. The zero-order valence-electron chi connectivity index (χ0n) is 19.4. The summed E-state index contributed by atoms with van der Waals surface area (Å²) >= 11 is 0. The Kier molecular flexibility index (Phi) is 16.1. The van der Waals surface area contributed by atoms with Gasteiger partial charge in [0, 0.05) is 0 Å². The molecule has 0 aromatic heterocycles. The summed E-state index contributed by atoms with van der Waals surface area (Å²) in [5, 5.41) is 2.58. The number of carbonyl (C=O) groups excluding carboxylic acids is 1. The molecule has 0 saturated carbocycles. The minimum absolute atomic E-state index is 0. The van der Waals surface area contributed by atoms with Crippen LogP contribution < -0.4 is 59.1 Å². The van der Waals surface area contributed by atoms with Gasteiger partial charge in [-0.1, -0.05) is 5.16 Å². The molecular weight excluding hydrogens is 671 g/mol. The number of halogens is 13. The van der Waals surface area contributed by atoms with E-state index in [1.807, 2.05) is 0 Å². The van der Waals surface area contributed by atoms with E-state index in [1.165, 1.54) is 0 Å². The number of rotatable bonds is 14. The molecule has 226 valence electrons. The number of ether oxygens (including phenoxy) is 1. The van der Waals surface area contributed by atoms with E-state index in [4.69, 9.17) is 0 Å². The van der Waals surface area contributed by atoms with Gasteiger partial charge in [0.2, 0.25) is 6.61 Å². The molecule has 27 heteroatoms. The van der Waals surface area contributed by atoms with Gasteiger partial charge >= 0.3 is 101 Å². The minimum Gasteiger partial charge on any atom is -0.748 e. The summed E-state index contributed by atoms with van der Waals surface area (Å²) in [6, 6.07) is 0. The first-order valence-electron chi connectivity index (χ1n) is 8.59. The van der Waals surface area contributed by atoms with Crippen molar-refractivity contribution in [2.24, 2.45) is 5.16 Å². The van der Waals surface area contributed by atoms with E-state index in [-0.39, 0.29) is 59.1 Å². The van der Waals surface area contributed by atoms with Gasteiger partial charge in [0.25, 0.3) is 0 Å². The average molecular weight is 681 g/mol. The summed E-state index contributed by atoms with van der Waals surface area (Å²) in [5.74, 6) is -43.7. The van der Waals surface area contributed by atoms with E-state index in [1.54, 1.807) is 0 Å². The quantitative estimate of drug-likeness (QED) is 0.0446. The summed E-state index contributed by atoms with van der Waals surface area (Å²) < 4.78 is 235. The van der Waals surface area contributed by atoms with Crippen molar-refractivity contribution in [2.75, 3.05) is 24.7 Å². The number of alkyl halides is 13. The molecule has 0 atom stereocenters. The molecule has 40 heavy (non-hydrogen) atoms. The Morgan fingerprint density at radius 1 is 0.675 bits per heavy atom. The molecule has 0 bridgehead atoms. The monoisotopic (exact) mass is 681 g/mol. The fourth-order valence-electron chi connectivity index (χ4n) is 1.97. The van der Waals surface area contributed by atoms with Gasteiger partial charge in [-0.15, -0.1) is 0 Å². The molecule has 0 radical (unpaired) electrons. The molecule has 0 unspecified atom stereocenters. The van der Waals surface area contributed by atoms with Crippen molar-refractivity contribution in [1.29, 1.82) is 0 Å². The summed E-state index contributed by atoms with van der Waals surface area (Å²) in [7, 11) is -10.6. The van der Waals surface area contributed by atoms with Crippen LogP contribution in [0.5, 0.6) is 0 Å². The van der Waals surface area contributed by atoms with Crippen LogP contribution in [0.25, 0.3) is 0 Å². The van der Waals surface area contributed by atoms with Gasteiger partial charge in [0.15, 0.2) is 0 Å². The fourth-order valence-corrected chi connectivity index (χ4v) is 3.23. The van der Waals surface area contributed by atoms with Crippen LogP contribution in [0, 0.1) is 0 Å². The van der Waals surface area contributed by atoms with Crippen molar-refractivity contribution in [3.8, 4) is 0 Å². The number of carbonyl (C=O) groups is 1. The van der Waals surface area contributed by atoms with E-state index < -0.39 is 98.8 Å². The summed E-state index contributed by atoms with van der Waals surface area (Å²) in [5.41, 5.74) is -1.33. The number of hydrogen-bond donors (Lipinski definition) is 0. The van der Waals surface area contributed by atoms with E-state index in [0.29, 0.717) is 0 Å². The van der Waals surface area contributed by atoms with Crippen LogP contribution in [-0.4, -0.2) is 98.1 Å². The Hall–Kier alpha value is -0.150. The molecule has 0 aromatic rings. The van der Waals surface area contributed by atoms with Crippen molar-refractivity contribution >= 4 is 31.9 Å². The molecule has 0 aromatic carbocycles. The van der Waals surface area contributed by atoms with Crippen molar-refractivity contribution < 1.29 is 157 Å². The zero-order chi connectivity index (χ0) is 30.8. The van der Waals surface area contributed by atoms with E-state index in [2.05, 4.69) is 14.7 Å². The van der Waals surface area contributed by atoms with E-state index in [0.717, 1.165) is 0 Å². The standard InChI is InChI=1S/C13H12F13NO9S2.2Na/c14-8(15,9(16,17)10(18,19)11(20,21)12(22,23)13(24,25)26)1-2-35-7(28)3-36-27-6(4-37(29,30)31)5-38(32,33)34;;/h1-5H2,(H,29,30,31)(H,32,33,34);;/q;2*+1/p-2. The van der Waals surface area contributed by atoms with E-state index in [9.17, 15) is 87.8 Å². The molecule has 0 fully saturated rings. The largest absolute Gasteiger partial charge is 1.00 e. The zero-order valence-corrected chi connectivity index (χ0v) is 25.0. The number of hydrogen-bond acceptors (Lipinski definition) is 10. The normalized spacial score (nSPS) is 14.0. The summed E-state index contributed by atoms with van der Waals surface area (Å²) in [6.07, 6.45) is -10.5. The predicted octanol–water partition coefficient (Wildman–Crippen LogP) is -3.87. The first kappa shape index (κ1) is 44.3. The second-order valence-corrected chi connectivity index (χ2v) is 9.61. The number of oxime groups is 1. The van der Waals surface area contributed by atoms with Gasteiger partial charge in [-0.3, -0.25) is 0 Å². The van der Waals surface area contributed by atoms with Crippen LogP contribution >= 0.6 is 0 Å². The number of nitrogens with zero attached hydrogens (tertiary/aromatic N) is 1. The van der Waals surface area contributed by atoms with Crippen LogP contribution in [0.1, 0.15) is 6.42 Å². The van der Waals surface area contributed by atoms with Crippen molar-refractivity contribution in [3.63, 3.8) is 0 Å². The molecule has 0 rings (SSSR count). The second kappa shape index (κ2) is 14.5. The maximum absolute atomic E-state index is 13.5. The average Bonchev–Trinajstić information content (AvgIpc) is 2.63. The molecule has 0 aliphatic heterocycles. The number of esters is 1. The third-order valence-electron chi connectivity index (χ3n) is 3.74. The van der Waals surface area contributed by atoms with E-state index >= 15 is 0 Å². The van der Waals surface area contributed by atoms with Gasteiger partial charge in [0.05, 0.1) is 30.2 Å². The molecule has 0 N–H and O–H groups in total. The molecule has 0 aliphatic carbocycles. The summed E-state index contributed by atoms with van der Waals surface area (Å²) in [6.45, 7) is -3.81. The fraction of sp³-hybridized carbons (Fsp3) is 0.846. The Balaban J connectivity index is -0.00000684. The first-order chi connectivity index (χ1) is 16.4. The van der Waals surface area contributed by atoms with Gasteiger partial charge in [-0.05, 0) is 0 Å². The first-order valence-corrected chi connectivity index (χ1v) is 11.7. The second-order valence-electron chi connectivity index (χ2n) is 6.81. The van der Waals surface area contributed by atoms with Crippen LogP contribution in [0.4, 0.5) is 57.1 Å². The Morgan fingerprint density at radius 2 is 1.05 bits per heavy atom. The Bertz CT molecular complexity index is 1080. The maximum atomic E-state index is 13.5. The third kappa shape index (κ3) is 11.2. The molecule has 0 saturated heterocycles. The van der Waals surface area contributed by atoms with Gasteiger partial charge < -0.3 is 18.7 Å². The van der Waals surface area contributed by atoms with Crippen molar-refractivity contribution in [1.82, 2.24) is 0 Å².